The van der Waals surface area contributed by atoms with Gasteiger partial charge in [0.2, 0.25) is 0 Å². The van der Waals surface area contributed by atoms with Gasteiger partial charge in [-0.3, -0.25) is 4.79 Å². The first-order chi connectivity index (χ1) is 8.15. The number of aryl methyl sites for hydroxylation is 1. The van der Waals surface area contributed by atoms with Crippen LogP contribution in [0, 0.1) is 12.7 Å². The largest absolute Gasteiger partial charge is 0.294 e. The second-order valence-electron chi connectivity index (χ2n) is 4.28. The molecule has 0 aliphatic rings. The van der Waals surface area contributed by atoms with E-state index in [1.54, 1.807) is 19.1 Å². The first kappa shape index (κ1) is 13.6. The number of hydrogen-bond acceptors (Lipinski definition) is 1. The molecule has 0 bridgehead atoms. The van der Waals surface area contributed by atoms with E-state index < -0.39 is 0 Å². The summed E-state index contributed by atoms with van der Waals surface area (Å²) >= 11 is 0. The van der Waals surface area contributed by atoms with Crippen LogP contribution in [0.15, 0.2) is 30.9 Å². The van der Waals surface area contributed by atoms with Gasteiger partial charge in [-0.1, -0.05) is 24.6 Å². The van der Waals surface area contributed by atoms with E-state index >= 15 is 0 Å². The average Bonchev–Trinajstić information content (AvgIpc) is 2.32. The van der Waals surface area contributed by atoms with Crippen LogP contribution in [0.4, 0.5) is 4.39 Å². The molecule has 0 N–H and O–H groups in total. The quantitative estimate of drug-likeness (QED) is 0.387. The van der Waals surface area contributed by atoms with E-state index in [1.807, 2.05) is 6.08 Å². The van der Waals surface area contributed by atoms with Gasteiger partial charge >= 0.3 is 0 Å². The second-order valence-corrected chi connectivity index (χ2v) is 4.28. The molecule has 0 radical (unpaired) electrons. The van der Waals surface area contributed by atoms with Gasteiger partial charge in [0.25, 0.3) is 0 Å². The smallest absolute Gasteiger partial charge is 0.162 e. The minimum absolute atomic E-state index is 0.0301. The Morgan fingerprint density at radius 3 is 2.76 bits per heavy atom. The topological polar surface area (TPSA) is 17.1 Å². The maximum absolute atomic E-state index is 13.3. The highest BCUT2D eigenvalue weighted by atomic mass is 19.1. The first-order valence-corrected chi connectivity index (χ1v) is 6.05. The fourth-order valence-electron chi connectivity index (χ4n) is 1.66. The van der Waals surface area contributed by atoms with E-state index in [1.165, 1.54) is 6.07 Å². The summed E-state index contributed by atoms with van der Waals surface area (Å²) in [5, 5.41) is 0. The first-order valence-electron chi connectivity index (χ1n) is 6.05. The van der Waals surface area contributed by atoms with Crippen molar-refractivity contribution in [2.45, 2.75) is 39.0 Å². The van der Waals surface area contributed by atoms with Crippen molar-refractivity contribution in [1.82, 2.24) is 0 Å². The summed E-state index contributed by atoms with van der Waals surface area (Å²) < 4.78 is 13.3. The standard InChI is InChI=1S/C15H19FO/c1-3-4-5-6-7-8-15(17)13-10-9-12(2)14(16)11-13/h3,9-11H,1,4-8H2,2H3. The molecule has 0 atom stereocenters. The van der Waals surface area contributed by atoms with E-state index in [0.29, 0.717) is 17.5 Å². The molecular formula is C15H19FO. The third-order valence-corrected chi connectivity index (χ3v) is 2.81. The number of halogens is 1. The number of hydrogen-bond donors (Lipinski definition) is 0. The van der Waals surface area contributed by atoms with Crippen molar-refractivity contribution in [2.24, 2.45) is 0 Å². The lowest BCUT2D eigenvalue weighted by atomic mass is 10.0. The number of benzene rings is 1. The van der Waals surface area contributed by atoms with Crippen LogP contribution in [0.3, 0.4) is 0 Å². The molecule has 1 aromatic rings. The molecule has 0 heterocycles. The number of unbranched alkanes of at least 4 members (excludes halogenated alkanes) is 3. The lowest BCUT2D eigenvalue weighted by Crippen LogP contribution is -2.00. The summed E-state index contributed by atoms with van der Waals surface area (Å²) in [6, 6.07) is 4.69. The Bertz CT molecular complexity index is 396. The van der Waals surface area contributed by atoms with Crippen LogP contribution < -0.4 is 0 Å². The van der Waals surface area contributed by atoms with Gasteiger partial charge in [-0.2, -0.15) is 0 Å². The minimum Gasteiger partial charge on any atom is -0.294 e. The van der Waals surface area contributed by atoms with Gasteiger partial charge in [0.15, 0.2) is 5.78 Å². The Morgan fingerprint density at radius 2 is 2.12 bits per heavy atom. The molecule has 1 nitrogen and oxygen atoms in total. The van der Waals surface area contributed by atoms with Crippen molar-refractivity contribution in [3.63, 3.8) is 0 Å². The van der Waals surface area contributed by atoms with Gasteiger partial charge in [-0.15, -0.1) is 6.58 Å². The van der Waals surface area contributed by atoms with Gasteiger partial charge in [0, 0.05) is 12.0 Å². The molecule has 0 aliphatic heterocycles. The summed E-state index contributed by atoms with van der Waals surface area (Å²) in [6.45, 7) is 5.34. The molecular weight excluding hydrogens is 215 g/mol. The number of rotatable bonds is 7. The fourth-order valence-corrected chi connectivity index (χ4v) is 1.66. The molecule has 0 fully saturated rings. The summed E-state index contributed by atoms with van der Waals surface area (Å²) in [7, 11) is 0. The number of carbonyl (C=O) groups excluding carboxylic acids is 1. The predicted molar refractivity (Wildman–Crippen MR) is 68.7 cm³/mol. The van der Waals surface area contributed by atoms with Gasteiger partial charge in [-0.05, 0) is 37.8 Å². The van der Waals surface area contributed by atoms with Gasteiger partial charge < -0.3 is 0 Å². The van der Waals surface area contributed by atoms with E-state index in [9.17, 15) is 9.18 Å². The van der Waals surface area contributed by atoms with Crippen LogP contribution >= 0.6 is 0 Å². The van der Waals surface area contributed by atoms with E-state index in [-0.39, 0.29) is 11.6 Å². The molecule has 0 spiro atoms. The number of Topliss-reactive ketones (excluding diaryl/α,β-unsaturated/α-hetero) is 1. The van der Waals surface area contributed by atoms with Gasteiger partial charge in [0.1, 0.15) is 5.82 Å². The van der Waals surface area contributed by atoms with Crippen LogP contribution in [0.1, 0.15) is 48.0 Å². The monoisotopic (exact) mass is 234 g/mol. The summed E-state index contributed by atoms with van der Waals surface area (Å²) in [5.41, 5.74) is 1.06. The highest BCUT2D eigenvalue weighted by Crippen LogP contribution is 2.13. The summed E-state index contributed by atoms with van der Waals surface area (Å²) in [5.74, 6) is -0.273. The zero-order valence-electron chi connectivity index (χ0n) is 10.3. The maximum atomic E-state index is 13.3. The Hall–Kier alpha value is -1.44. The van der Waals surface area contributed by atoms with Crippen LogP contribution in [-0.2, 0) is 0 Å². The molecule has 0 aliphatic carbocycles. The maximum Gasteiger partial charge on any atom is 0.162 e. The molecule has 17 heavy (non-hydrogen) atoms. The zero-order valence-corrected chi connectivity index (χ0v) is 10.3. The molecule has 2 heteroatoms. The SMILES string of the molecule is C=CCCCCCC(=O)c1ccc(C)c(F)c1. The van der Waals surface area contributed by atoms with Crippen LogP contribution in [0.25, 0.3) is 0 Å². The highest BCUT2D eigenvalue weighted by molar-refractivity contribution is 5.96. The van der Waals surface area contributed by atoms with Crippen LogP contribution in [0.2, 0.25) is 0 Å². The highest BCUT2D eigenvalue weighted by Gasteiger charge is 2.07. The van der Waals surface area contributed by atoms with Crippen molar-refractivity contribution >= 4 is 5.78 Å². The molecule has 92 valence electrons. The second kappa shape index (κ2) is 7.00. The molecule has 0 amide bonds. The van der Waals surface area contributed by atoms with Crippen molar-refractivity contribution in [1.29, 1.82) is 0 Å². The molecule has 0 unspecified atom stereocenters. The third kappa shape index (κ3) is 4.51. The van der Waals surface area contributed by atoms with Crippen LogP contribution in [0.5, 0.6) is 0 Å². The van der Waals surface area contributed by atoms with Gasteiger partial charge in [0.05, 0.1) is 0 Å². The third-order valence-electron chi connectivity index (χ3n) is 2.81. The molecule has 0 saturated heterocycles. The van der Waals surface area contributed by atoms with Crippen molar-refractivity contribution in [3.05, 3.63) is 47.8 Å². The van der Waals surface area contributed by atoms with Crippen molar-refractivity contribution in [3.8, 4) is 0 Å². The molecule has 0 aromatic heterocycles. The Balaban J connectivity index is 2.41. The lowest BCUT2D eigenvalue weighted by Gasteiger charge is -2.02. The Kier molecular flexibility index (Phi) is 5.61. The van der Waals surface area contributed by atoms with Crippen molar-refractivity contribution < 1.29 is 9.18 Å². The lowest BCUT2D eigenvalue weighted by molar-refractivity contribution is 0.0978. The fraction of sp³-hybridized carbons (Fsp3) is 0.400. The molecule has 1 rings (SSSR count). The number of allylic oxidation sites excluding steroid dienone is 1. The van der Waals surface area contributed by atoms with E-state index in [2.05, 4.69) is 6.58 Å². The minimum atomic E-state index is -0.303. The molecule has 0 saturated carbocycles. The van der Waals surface area contributed by atoms with Gasteiger partial charge in [-0.25, -0.2) is 4.39 Å². The predicted octanol–water partition coefficient (Wildman–Crippen LogP) is 4.45. The van der Waals surface area contributed by atoms with Crippen LogP contribution in [-0.4, -0.2) is 5.78 Å². The normalized spacial score (nSPS) is 10.2. The summed E-state index contributed by atoms with van der Waals surface area (Å²) in [6.07, 6.45) is 6.33. The van der Waals surface area contributed by atoms with E-state index in [4.69, 9.17) is 0 Å². The Labute approximate surface area is 102 Å². The van der Waals surface area contributed by atoms with Crippen molar-refractivity contribution in [2.75, 3.05) is 0 Å². The molecule has 1 aromatic carbocycles. The number of carbonyl (C=O) groups is 1. The average molecular weight is 234 g/mol. The summed E-state index contributed by atoms with van der Waals surface area (Å²) in [4.78, 5) is 11.8. The number of ketones is 1. The zero-order chi connectivity index (χ0) is 12.7. The Morgan fingerprint density at radius 1 is 1.35 bits per heavy atom. The van der Waals surface area contributed by atoms with E-state index in [0.717, 1.165) is 25.7 Å².